The van der Waals surface area contributed by atoms with E-state index < -0.39 is 0 Å². The molecule has 1 aliphatic carbocycles. The summed E-state index contributed by atoms with van der Waals surface area (Å²) in [5, 5.41) is 7.79. The Kier molecular flexibility index (Phi) is 3.39. The van der Waals surface area contributed by atoms with Crippen molar-refractivity contribution in [1.82, 2.24) is 15.1 Å². The van der Waals surface area contributed by atoms with Crippen LogP contribution in [0.3, 0.4) is 0 Å². The summed E-state index contributed by atoms with van der Waals surface area (Å²) in [7, 11) is 0. The minimum atomic E-state index is -0.0569. The van der Waals surface area contributed by atoms with Crippen molar-refractivity contribution in [3.63, 3.8) is 0 Å². The fourth-order valence-electron chi connectivity index (χ4n) is 1.56. The van der Waals surface area contributed by atoms with Gasteiger partial charge in [0.25, 0.3) is 5.91 Å². The van der Waals surface area contributed by atoms with Gasteiger partial charge in [0.05, 0.1) is 0 Å². The lowest BCUT2D eigenvalue weighted by Gasteiger charge is -2.19. The normalized spacial score (nSPS) is 14.9. The quantitative estimate of drug-likeness (QED) is 0.808. The Morgan fingerprint density at radius 2 is 2.25 bits per heavy atom. The van der Waals surface area contributed by atoms with E-state index in [-0.39, 0.29) is 5.91 Å². The minimum Gasteiger partial charge on any atom is -0.337 e. The van der Waals surface area contributed by atoms with Crippen LogP contribution in [0.5, 0.6) is 0 Å². The van der Waals surface area contributed by atoms with E-state index in [0.29, 0.717) is 23.3 Å². The van der Waals surface area contributed by atoms with Gasteiger partial charge in [0, 0.05) is 13.1 Å². The molecule has 2 rings (SSSR count). The number of aromatic nitrogens is 2. The Bertz CT molecular complexity index is 375. The van der Waals surface area contributed by atoms with E-state index >= 15 is 0 Å². The third-order valence-electron chi connectivity index (χ3n) is 2.70. The third kappa shape index (κ3) is 2.70. The summed E-state index contributed by atoms with van der Waals surface area (Å²) in [5.74, 6) is 0.628. The van der Waals surface area contributed by atoms with Crippen LogP contribution in [0.2, 0.25) is 5.15 Å². The molecule has 5 heteroatoms. The zero-order valence-corrected chi connectivity index (χ0v) is 9.94. The van der Waals surface area contributed by atoms with Gasteiger partial charge in [-0.2, -0.15) is 0 Å². The molecule has 1 fully saturated rings. The van der Waals surface area contributed by atoms with Gasteiger partial charge in [0.1, 0.15) is 0 Å². The molecule has 0 N–H and O–H groups in total. The second-order valence-electron chi connectivity index (χ2n) is 4.03. The second-order valence-corrected chi connectivity index (χ2v) is 4.42. The topological polar surface area (TPSA) is 46.1 Å². The summed E-state index contributed by atoms with van der Waals surface area (Å²) >= 11 is 5.63. The Balaban J connectivity index is 2.06. The van der Waals surface area contributed by atoms with Crippen LogP contribution in [0.25, 0.3) is 0 Å². The molecule has 1 amide bonds. The molecule has 4 nitrogen and oxygen atoms in total. The van der Waals surface area contributed by atoms with E-state index in [2.05, 4.69) is 10.2 Å². The van der Waals surface area contributed by atoms with Crippen LogP contribution in [-0.2, 0) is 0 Å². The Morgan fingerprint density at radius 3 is 2.75 bits per heavy atom. The van der Waals surface area contributed by atoms with E-state index in [9.17, 15) is 4.79 Å². The SMILES string of the molecule is CCN(CC1CC1)C(=O)c1ccc(Cl)nn1. The summed E-state index contributed by atoms with van der Waals surface area (Å²) in [4.78, 5) is 13.8. The number of halogens is 1. The van der Waals surface area contributed by atoms with Gasteiger partial charge in [-0.15, -0.1) is 10.2 Å². The predicted molar refractivity (Wildman–Crippen MR) is 61.3 cm³/mol. The van der Waals surface area contributed by atoms with Gasteiger partial charge >= 0.3 is 0 Å². The average Bonchev–Trinajstić information content (AvgIpc) is 3.10. The zero-order valence-electron chi connectivity index (χ0n) is 9.19. The summed E-state index contributed by atoms with van der Waals surface area (Å²) in [6, 6.07) is 3.21. The number of nitrogens with zero attached hydrogens (tertiary/aromatic N) is 3. The molecule has 1 aromatic rings. The largest absolute Gasteiger partial charge is 0.337 e. The lowest BCUT2D eigenvalue weighted by atomic mass is 10.3. The van der Waals surface area contributed by atoms with Gasteiger partial charge in [-0.3, -0.25) is 4.79 Å². The van der Waals surface area contributed by atoms with Gasteiger partial charge < -0.3 is 4.90 Å². The highest BCUT2D eigenvalue weighted by Crippen LogP contribution is 2.29. The van der Waals surface area contributed by atoms with Crippen LogP contribution in [0.1, 0.15) is 30.3 Å². The lowest BCUT2D eigenvalue weighted by Crippen LogP contribution is -2.33. The van der Waals surface area contributed by atoms with Gasteiger partial charge in [-0.05, 0) is 37.8 Å². The van der Waals surface area contributed by atoms with E-state index in [1.165, 1.54) is 12.8 Å². The number of hydrogen-bond donors (Lipinski definition) is 0. The van der Waals surface area contributed by atoms with Crippen LogP contribution in [0, 0.1) is 5.92 Å². The lowest BCUT2D eigenvalue weighted by molar-refractivity contribution is 0.0750. The first-order valence-corrected chi connectivity index (χ1v) is 5.87. The molecule has 0 atom stereocenters. The zero-order chi connectivity index (χ0) is 11.5. The first-order chi connectivity index (χ1) is 7.70. The molecule has 0 aliphatic heterocycles. The van der Waals surface area contributed by atoms with Gasteiger partial charge in [-0.25, -0.2) is 0 Å². The van der Waals surface area contributed by atoms with Crippen molar-refractivity contribution in [2.75, 3.05) is 13.1 Å². The highest BCUT2D eigenvalue weighted by molar-refractivity contribution is 6.29. The maximum Gasteiger partial charge on any atom is 0.274 e. The number of hydrogen-bond acceptors (Lipinski definition) is 3. The van der Waals surface area contributed by atoms with Crippen molar-refractivity contribution in [3.8, 4) is 0 Å². The van der Waals surface area contributed by atoms with Crippen LogP contribution in [-0.4, -0.2) is 34.1 Å². The van der Waals surface area contributed by atoms with Gasteiger partial charge in [0.2, 0.25) is 0 Å². The maximum atomic E-state index is 12.0. The van der Waals surface area contributed by atoms with Crippen LogP contribution < -0.4 is 0 Å². The number of carbonyl (C=O) groups is 1. The predicted octanol–water partition coefficient (Wildman–Crippen LogP) is 2.00. The fourth-order valence-corrected chi connectivity index (χ4v) is 1.66. The molecular weight excluding hydrogens is 226 g/mol. The van der Waals surface area contributed by atoms with Crippen molar-refractivity contribution >= 4 is 17.5 Å². The number of carbonyl (C=O) groups excluding carboxylic acids is 1. The molecule has 0 unspecified atom stereocenters. The Hall–Kier alpha value is -1.16. The summed E-state index contributed by atoms with van der Waals surface area (Å²) in [5.41, 5.74) is 0.368. The third-order valence-corrected chi connectivity index (χ3v) is 2.90. The molecule has 1 heterocycles. The van der Waals surface area contributed by atoms with Crippen molar-refractivity contribution in [2.45, 2.75) is 19.8 Å². The molecule has 1 aliphatic rings. The smallest absolute Gasteiger partial charge is 0.274 e. The molecule has 1 aromatic heterocycles. The van der Waals surface area contributed by atoms with Crippen LogP contribution >= 0.6 is 11.6 Å². The molecule has 86 valence electrons. The number of amides is 1. The standard InChI is InChI=1S/C11H14ClN3O/c1-2-15(7-8-3-4-8)11(16)9-5-6-10(12)14-13-9/h5-6,8H,2-4,7H2,1H3. The highest BCUT2D eigenvalue weighted by atomic mass is 35.5. The average molecular weight is 240 g/mol. The Morgan fingerprint density at radius 1 is 1.50 bits per heavy atom. The van der Waals surface area contributed by atoms with E-state index in [1.807, 2.05) is 11.8 Å². The van der Waals surface area contributed by atoms with Crippen molar-refractivity contribution in [3.05, 3.63) is 23.0 Å². The van der Waals surface area contributed by atoms with E-state index in [1.54, 1.807) is 12.1 Å². The second kappa shape index (κ2) is 4.78. The molecule has 0 spiro atoms. The molecule has 0 radical (unpaired) electrons. The molecule has 1 saturated carbocycles. The minimum absolute atomic E-state index is 0.0569. The Labute approximate surface area is 99.6 Å². The first kappa shape index (κ1) is 11.3. The van der Waals surface area contributed by atoms with Crippen molar-refractivity contribution in [2.24, 2.45) is 5.92 Å². The van der Waals surface area contributed by atoms with Crippen molar-refractivity contribution < 1.29 is 4.79 Å². The molecule has 16 heavy (non-hydrogen) atoms. The molecule has 0 saturated heterocycles. The van der Waals surface area contributed by atoms with Crippen molar-refractivity contribution in [1.29, 1.82) is 0 Å². The van der Waals surface area contributed by atoms with Gasteiger partial charge in [0.15, 0.2) is 10.8 Å². The fraction of sp³-hybridized carbons (Fsp3) is 0.545. The number of rotatable bonds is 4. The maximum absolute atomic E-state index is 12.0. The molecule has 0 aromatic carbocycles. The van der Waals surface area contributed by atoms with Crippen LogP contribution in [0.4, 0.5) is 0 Å². The highest BCUT2D eigenvalue weighted by Gasteiger charge is 2.26. The van der Waals surface area contributed by atoms with E-state index in [0.717, 1.165) is 6.54 Å². The first-order valence-electron chi connectivity index (χ1n) is 5.49. The molecular formula is C11H14ClN3O. The monoisotopic (exact) mass is 239 g/mol. The van der Waals surface area contributed by atoms with Crippen LogP contribution in [0.15, 0.2) is 12.1 Å². The summed E-state index contributed by atoms with van der Waals surface area (Å²) < 4.78 is 0. The van der Waals surface area contributed by atoms with Gasteiger partial charge in [-0.1, -0.05) is 11.6 Å². The molecule has 0 bridgehead atoms. The van der Waals surface area contributed by atoms with E-state index in [4.69, 9.17) is 11.6 Å². The summed E-state index contributed by atoms with van der Waals surface area (Å²) in [6.07, 6.45) is 2.46. The summed E-state index contributed by atoms with van der Waals surface area (Å²) in [6.45, 7) is 3.52.